The number of imide groups is 1. The lowest BCUT2D eigenvalue weighted by atomic mass is 10.0. The fourth-order valence-electron chi connectivity index (χ4n) is 4.67. The minimum atomic E-state index is -0.283. The molecular formula is C32H30N2O3S. The van der Waals surface area contributed by atoms with Gasteiger partial charge in [0.15, 0.2) is 0 Å². The number of thioether (sulfide) groups is 1. The SMILES string of the molecule is CCN(CC)c1ccc(/C=C2\SC(=O)N(Cc3cccc4ccccc34)C2=O)c(OCc2ccccc2)c1. The second-order valence-corrected chi connectivity index (χ2v) is 10.1. The van der Waals surface area contributed by atoms with Crippen LogP contribution in [0, 0.1) is 0 Å². The van der Waals surface area contributed by atoms with E-state index in [0.29, 0.717) is 17.3 Å². The highest BCUT2D eigenvalue weighted by Gasteiger charge is 2.35. The Morgan fingerprint density at radius 1 is 0.868 bits per heavy atom. The minimum Gasteiger partial charge on any atom is -0.488 e. The zero-order valence-electron chi connectivity index (χ0n) is 21.6. The van der Waals surface area contributed by atoms with Crippen molar-refractivity contribution in [3.05, 3.63) is 113 Å². The average Bonchev–Trinajstić information content (AvgIpc) is 3.21. The lowest BCUT2D eigenvalue weighted by Gasteiger charge is -2.22. The molecule has 4 aromatic carbocycles. The number of rotatable bonds is 9. The third-order valence-electron chi connectivity index (χ3n) is 6.73. The van der Waals surface area contributed by atoms with Crippen molar-refractivity contribution >= 4 is 45.4 Å². The van der Waals surface area contributed by atoms with E-state index in [1.165, 1.54) is 4.90 Å². The van der Waals surface area contributed by atoms with Gasteiger partial charge < -0.3 is 9.64 Å². The maximum Gasteiger partial charge on any atom is 0.293 e. The summed E-state index contributed by atoms with van der Waals surface area (Å²) < 4.78 is 6.26. The quantitative estimate of drug-likeness (QED) is 0.213. The summed E-state index contributed by atoms with van der Waals surface area (Å²) in [6.45, 7) is 6.64. The first kappa shape index (κ1) is 25.6. The van der Waals surface area contributed by atoms with Gasteiger partial charge in [0.05, 0.1) is 11.4 Å². The van der Waals surface area contributed by atoms with Crippen LogP contribution in [0.2, 0.25) is 0 Å². The predicted octanol–water partition coefficient (Wildman–Crippen LogP) is 7.50. The van der Waals surface area contributed by atoms with Crippen LogP contribution in [0.25, 0.3) is 16.8 Å². The van der Waals surface area contributed by atoms with Gasteiger partial charge in [0.1, 0.15) is 12.4 Å². The van der Waals surface area contributed by atoms with Gasteiger partial charge in [0.25, 0.3) is 11.1 Å². The number of nitrogens with zero attached hydrogens (tertiary/aromatic N) is 2. The zero-order chi connectivity index (χ0) is 26.5. The number of ether oxygens (including phenoxy) is 1. The molecule has 0 bridgehead atoms. The van der Waals surface area contributed by atoms with Gasteiger partial charge >= 0.3 is 0 Å². The van der Waals surface area contributed by atoms with Crippen LogP contribution in [-0.4, -0.2) is 29.1 Å². The number of carbonyl (C=O) groups excluding carboxylic acids is 2. The Bertz CT molecular complexity index is 1490. The first-order chi connectivity index (χ1) is 18.6. The number of anilines is 1. The maximum absolute atomic E-state index is 13.4. The monoisotopic (exact) mass is 522 g/mol. The molecule has 0 aliphatic carbocycles. The topological polar surface area (TPSA) is 49.9 Å². The van der Waals surface area contributed by atoms with Crippen molar-refractivity contribution in [3.8, 4) is 5.75 Å². The van der Waals surface area contributed by atoms with Gasteiger partial charge in [-0.15, -0.1) is 0 Å². The van der Waals surface area contributed by atoms with Gasteiger partial charge in [-0.2, -0.15) is 0 Å². The van der Waals surface area contributed by atoms with E-state index in [2.05, 4.69) is 18.7 Å². The Labute approximate surface area is 227 Å². The first-order valence-corrected chi connectivity index (χ1v) is 13.7. The molecule has 5 rings (SSSR count). The van der Waals surface area contributed by atoms with Crippen LogP contribution >= 0.6 is 11.8 Å². The molecule has 2 amide bonds. The summed E-state index contributed by atoms with van der Waals surface area (Å²) in [5.74, 6) is 0.397. The molecular weight excluding hydrogens is 492 g/mol. The molecule has 5 nitrogen and oxygen atoms in total. The van der Waals surface area contributed by atoms with Crippen molar-refractivity contribution in [2.75, 3.05) is 18.0 Å². The van der Waals surface area contributed by atoms with Crippen LogP contribution in [0.5, 0.6) is 5.75 Å². The Kier molecular flexibility index (Phi) is 7.80. The molecule has 192 valence electrons. The average molecular weight is 523 g/mol. The van der Waals surface area contributed by atoms with Gasteiger partial charge in [-0.1, -0.05) is 72.8 Å². The first-order valence-electron chi connectivity index (χ1n) is 12.8. The van der Waals surface area contributed by atoms with E-state index in [0.717, 1.165) is 58.0 Å². The van der Waals surface area contributed by atoms with Crippen LogP contribution in [0.15, 0.2) is 95.9 Å². The number of amides is 2. The fraction of sp³-hybridized carbons (Fsp3) is 0.188. The molecule has 0 spiro atoms. The van der Waals surface area contributed by atoms with Gasteiger partial charge in [-0.05, 0) is 65.7 Å². The van der Waals surface area contributed by atoms with Crippen LogP contribution in [0.1, 0.15) is 30.5 Å². The summed E-state index contributed by atoms with van der Waals surface area (Å²) in [5.41, 5.74) is 3.83. The molecule has 0 radical (unpaired) electrons. The Hall–Kier alpha value is -4.03. The van der Waals surface area contributed by atoms with Crippen molar-refractivity contribution in [1.82, 2.24) is 4.90 Å². The number of hydrogen-bond donors (Lipinski definition) is 0. The van der Waals surface area contributed by atoms with Gasteiger partial charge in [0.2, 0.25) is 0 Å². The van der Waals surface area contributed by atoms with Crippen molar-refractivity contribution in [2.24, 2.45) is 0 Å². The lowest BCUT2D eigenvalue weighted by Crippen LogP contribution is -2.27. The number of benzene rings is 4. The van der Waals surface area contributed by atoms with Crippen LogP contribution < -0.4 is 9.64 Å². The summed E-state index contributed by atoms with van der Waals surface area (Å²) in [7, 11) is 0. The van der Waals surface area contributed by atoms with E-state index in [9.17, 15) is 9.59 Å². The Morgan fingerprint density at radius 3 is 2.39 bits per heavy atom. The summed E-state index contributed by atoms with van der Waals surface area (Å²) in [6, 6.07) is 30.0. The molecule has 0 unspecified atom stereocenters. The van der Waals surface area contributed by atoms with Crippen LogP contribution in [0.4, 0.5) is 10.5 Å². The molecule has 0 aromatic heterocycles. The molecule has 1 aliphatic heterocycles. The van der Waals surface area contributed by atoms with E-state index >= 15 is 0 Å². The molecule has 0 N–H and O–H groups in total. The summed E-state index contributed by atoms with van der Waals surface area (Å²) >= 11 is 0.977. The predicted molar refractivity (Wildman–Crippen MR) is 156 cm³/mol. The molecule has 0 saturated carbocycles. The third-order valence-corrected chi connectivity index (χ3v) is 7.64. The van der Waals surface area contributed by atoms with Crippen molar-refractivity contribution in [3.63, 3.8) is 0 Å². The Morgan fingerprint density at radius 2 is 1.61 bits per heavy atom. The largest absolute Gasteiger partial charge is 0.488 e. The minimum absolute atomic E-state index is 0.238. The highest BCUT2D eigenvalue weighted by atomic mass is 32.2. The highest BCUT2D eigenvalue weighted by molar-refractivity contribution is 8.18. The molecule has 0 atom stereocenters. The van der Waals surface area contributed by atoms with Crippen molar-refractivity contribution in [1.29, 1.82) is 0 Å². The molecule has 38 heavy (non-hydrogen) atoms. The zero-order valence-corrected chi connectivity index (χ0v) is 22.4. The van der Waals surface area contributed by atoms with E-state index < -0.39 is 0 Å². The van der Waals surface area contributed by atoms with Gasteiger partial charge in [-0.25, -0.2) is 0 Å². The van der Waals surface area contributed by atoms with Crippen LogP contribution in [0.3, 0.4) is 0 Å². The van der Waals surface area contributed by atoms with E-state index in [4.69, 9.17) is 4.74 Å². The molecule has 6 heteroatoms. The van der Waals surface area contributed by atoms with Gasteiger partial charge in [-0.3, -0.25) is 14.5 Å². The second kappa shape index (κ2) is 11.6. The lowest BCUT2D eigenvalue weighted by molar-refractivity contribution is -0.123. The summed E-state index contributed by atoms with van der Waals surface area (Å²) in [6.07, 6.45) is 1.78. The number of carbonyl (C=O) groups is 2. The smallest absolute Gasteiger partial charge is 0.293 e. The van der Waals surface area contributed by atoms with Crippen molar-refractivity contribution in [2.45, 2.75) is 27.0 Å². The van der Waals surface area contributed by atoms with Gasteiger partial charge in [0, 0.05) is 30.4 Å². The fourth-order valence-corrected chi connectivity index (χ4v) is 5.50. The van der Waals surface area contributed by atoms with E-state index in [1.54, 1.807) is 6.08 Å². The van der Waals surface area contributed by atoms with Crippen LogP contribution in [-0.2, 0) is 17.9 Å². The van der Waals surface area contributed by atoms with E-state index in [-0.39, 0.29) is 17.7 Å². The second-order valence-electron chi connectivity index (χ2n) is 9.07. The number of fused-ring (bicyclic) bond motifs is 1. The normalized spacial score (nSPS) is 14.5. The standard InChI is InChI=1S/C32H30N2O3S/c1-3-33(4-2)27-18-17-25(29(20-27)37-22-23-11-6-5-7-12-23)19-30-31(35)34(32(36)38-30)21-26-15-10-14-24-13-8-9-16-28(24)26/h5-20H,3-4,21-22H2,1-2H3/b30-19-. The molecule has 1 aliphatic rings. The Balaban J connectivity index is 1.43. The molecule has 4 aromatic rings. The summed E-state index contributed by atoms with van der Waals surface area (Å²) in [5, 5.41) is 1.86. The van der Waals surface area contributed by atoms with Crippen molar-refractivity contribution < 1.29 is 14.3 Å². The van der Waals surface area contributed by atoms with E-state index in [1.807, 2.05) is 91.0 Å². The number of hydrogen-bond acceptors (Lipinski definition) is 5. The molecule has 1 fully saturated rings. The molecule has 1 saturated heterocycles. The highest BCUT2D eigenvalue weighted by Crippen LogP contribution is 2.37. The maximum atomic E-state index is 13.4. The molecule has 1 heterocycles. The third kappa shape index (κ3) is 5.46. The summed E-state index contributed by atoms with van der Waals surface area (Å²) in [4.78, 5) is 30.3.